The third-order valence-electron chi connectivity index (χ3n) is 13.3. The summed E-state index contributed by atoms with van der Waals surface area (Å²) in [5.74, 6) is -3.27. The van der Waals surface area contributed by atoms with Crippen molar-refractivity contribution < 1.29 is 62.0 Å². The molecule has 1 fully saturated rings. The van der Waals surface area contributed by atoms with Gasteiger partial charge in [0, 0.05) is 69.4 Å². The molecule has 2 atom stereocenters. The Bertz CT molecular complexity index is 1390. The predicted octanol–water partition coefficient (Wildman–Crippen LogP) is 12.2. The lowest BCUT2D eigenvalue weighted by Gasteiger charge is -2.24. The smallest absolute Gasteiger partial charge is 0.410 e. The summed E-state index contributed by atoms with van der Waals surface area (Å²) in [6, 6.07) is -0.482. The molecule has 1 rings (SSSR count). The van der Waals surface area contributed by atoms with Gasteiger partial charge in [0.15, 0.2) is 0 Å². The molecular weight excluding hydrogens is 921 g/mol. The number of amides is 1. The van der Waals surface area contributed by atoms with Crippen LogP contribution in [0.3, 0.4) is 0 Å². The number of hydrogen-bond donors (Lipinski definition) is 0. The van der Waals surface area contributed by atoms with Crippen LogP contribution in [0.4, 0.5) is 4.79 Å². The van der Waals surface area contributed by atoms with Crippen molar-refractivity contribution in [1.29, 1.82) is 0 Å². The van der Waals surface area contributed by atoms with Crippen LogP contribution in [0.15, 0.2) is 0 Å². The molecule has 72 heavy (non-hydrogen) atoms. The van der Waals surface area contributed by atoms with E-state index in [9.17, 15) is 33.6 Å². The van der Waals surface area contributed by atoms with Crippen LogP contribution in [0.1, 0.15) is 240 Å². The summed E-state index contributed by atoms with van der Waals surface area (Å²) in [4.78, 5) is 94.9. The standard InChI is InChI=1S/C57H102N2O13/c1-7-11-15-19-23-27-31-52(61)68-43-47(44-69-53(62)32-28-24-20-16-12-8-2)39-50(60)36-35-49-41-51(42-59(49)57(66)67-38-37-58(5)6)72-56(65)40-48(45-70-54(63)33-29-25-21-17-13-9-3)46-71-55(64)34-30-26-22-18-14-10-4/h47-49,51H,7-46H2,1-6H3/t49-,51-/m0/s1. The Balaban J connectivity index is 3.01. The molecule has 1 amide bonds. The van der Waals surface area contributed by atoms with Crippen molar-refractivity contribution in [2.75, 3.05) is 60.2 Å². The van der Waals surface area contributed by atoms with E-state index in [1.807, 2.05) is 19.0 Å². The minimum absolute atomic E-state index is 0.0153. The summed E-state index contributed by atoms with van der Waals surface area (Å²) in [6.45, 7) is 9.04. The van der Waals surface area contributed by atoms with E-state index in [4.69, 9.17) is 28.4 Å². The summed E-state index contributed by atoms with van der Waals surface area (Å²) in [7, 11) is 3.74. The van der Waals surface area contributed by atoms with Gasteiger partial charge in [-0.25, -0.2) is 4.79 Å². The van der Waals surface area contributed by atoms with Crippen molar-refractivity contribution in [2.24, 2.45) is 11.8 Å². The number of likely N-dealkylation sites (N-methyl/N-ethyl adjacent to an activating group) is 1. The van der Waals surface area contributed by atoms with Gasteiger partial charge in [-0.05, 0) is 46.2 Å². The number of hydrogen-bond acceptors (Lipinski definition) is 14. The quantitative estimate of drug-likeness (QED) is 0.0319. The highest BCUT2D eigenvalue weighted by Crippen LogP contribution is 2.27. The van der Waals surface area contributed by atoms with E-state index in [1.165, 1.54) is 30.6 Å². The average Bonchev–Trinajstić information content (AvgIpc) is 3.76. The van der Waals surface area contributed by atoms with Gasteiger partial charge < -0.3 is 38.2 Å². The topological polar surface area (TPSA) is 181 Å². The fourth-order valence-electron chi connectivity index (χ4n) is 8.74. The van der Waals surface area contributed by atoms with Gasteiger partial charge in [-0.15, -0.1) is 0 Å². The molecule has 1 heterocycles. The second-order valence-corrected chi connectivity index (χ2v) is 20.6. The number of unbranched alkanes of at least 4 members (excludes halogenated alkanes) is 20. The molecule has 0 spiro atoms. The van der Waals surface area contributed by atoms with Gasteiger partial charge in [-0.3, -0.25) is 28.8 Å². The lowest BCUT2D eigenvalue weighted by atomic mass is 9.98. The van der Waals surface area contributed by atoms with Crippen molar-refractivity contribution in [3.8, 4) is 0 Å². The largest absolute Gasteiger partial charge is 0.465 e. The monoisotopic (exact) mass is 1020 g/mol. The zero-order valence-electron chi connectivity index (χ0n) is 46.3. The number of Topliss-reactive ketones (excluding diaryl/α,β-unsaturated/α-hetero) is 1. The average molecular weight is 1020 g/mol. The second kappa shape index (κ2) is 44.7. The molecule has 0 N–H and O–H groups in total. The number of carbonyl (C=O) groups excluding carboxylic acids is 7. The van der Waals surface area contributed by atoms with Gasteiger partial charge >= 0.3 is 35.9 Å². The van der Waals surface area contributed by atoms with Gasteiger partial charge in [0.2, 0.25) is 0 Å². The van der Waals surface area contributed by atoms with Crippen molar-refractivity contribution in [2.45, 2.75) is 252 Å². The Morgan fingerprint density at radius 2 is 0.819 bits per heavy atom. The zero-order chi connectivity index (χ0) is 53.0. The molecule has 0 unspecified atom stereocenters. The molecule has 0 bridgehead atoms. The van der Waals surface area contributed by atoms with E-state index in [-0.39, 0.29) is 114 Å². The minimum atomic E-state index is -0.699. The molecule has 15 nitrogen and oxygen atoms in total. The van der Waals surface area contributed by atoms with Crippen LogP contribution in [0.2, 0.25) is 0 Å². The van der Waals surface area contributed by atoms with Gasteiger partial charge in [0.25, 0.3) is 0 Å². The lowest BCUT2D eigenvalue weighted by molar-refractivity contribution is -0.157. The van der Waals surface area contributed by atoms with Gasteiger partial charge in [-0.1, -0.05) is 156 Å². The molecule has 1 aliphatic rings. The first-order valence-corrected chi connectivity index (χ1v) is 28.7. The molecule has 15 heteroatoms. The number of carbonyl (C=O) groups is 7. The number of likely N-dealkylation sites (tertiary alicyclic amines) is 1. The van der Waals surface area contributed by atoms with Gasteiger partial charge in [0.05, 0.1) is 39.4 Å². The fraction of sp³-hybridized carbons (Fsp3) is 0.877. The van der Waals surface area contributed by atoms with Crippen LogP contribution in [0, 0.1) is 11.8 Å². The van der Waals surface area contributed by atoms with Crippen LogP contribution < -0.4 is 0 Å². The first-order valence-electron chi connectivity index (χ1n) is 28.7. The van der Waals surface area contributed by atoms with Gasteiger partial charge in [-0.2, -0.15) is 0 Å². The van der Waals surface area contributed by atoms with Crippen molar-refractivity contribution in [3.05, 3.63) is 0 Å². The maximum Gasteiger partial charge on any atom is 0.410 e. The van der Waals surface area contributed by atoms with Crippen LogP contribution >= 0.6 is 0 Å². The highest BCUT2D eigenvalue weighted by atomic mass is 16.6. The molecule has 1 saturated heterocycles. The van der Waals surface area contributed by atoms with Crippen LogP contribution in [0.25, 0.3) is 0 Å². The maximum atomic E-state index is 13.7. The molecule has 0 aliphatic carbocycles. The number of ketones is 1. The first-order chi connectivity index (χ1) is 34.8. The fourth-order valence-corrected chi connectivity index (χ4v) is 8.74. The molecule has 0 radical (unpaired) electrons. The van der Waals surface area contributed by atoms with E-state index >= 15 is 0 Å². The van der Waals surface area contributed by atoms with Crippen LogP contribution in [0.5, 0.6) is 0 Å². The summed E-state index contributed by atoms with van der Waals surface area (Å²) in [5.41, 5.74) is 0. The van der Waals surface area contributed by atoms with Crippen molar-refractivity contribution in [3.63, 3.8) is 0 Å². The Labute approximate surface area is 436 Å². The third-order valence-corrected chi connectivity index (χ3v) is 13.3. The van der Waals surface area contributed by atoms with Gasteiger partial charge in [0.1, 0.15) is 18.5 Å². The predicted molar refractivity (Wildman–Crippen MR) is 281 cm³/mol. The highest BCUT2D eigenvalue weighted by Gasteiger charge is 2.39. The molecule has 1 aliphatic heterocycles. The number of rotatable bonds is 47. The number of ether oxygens (including phenoxy) is 6. The third kappa shape index (κ3) is 37.1. The van der Waals surface area contributed by atoms with Crippen LogP contribution in [-0.4, -0.2) is 124 Å². The molecule has 0 aromatic heterocycles. The zero-order valence-corrected chi connectivity index (χ0v) is 46.3. The Morgan fingerprint density at radius 1 is 0.458 bits per heavy atom. The Hall–Kier alpha value is -3.75. The normalized spacial score (nSPS) is 14.5. The molecule has 0 aromatic carbocycles. The Kier molecular flexibility index (Phi) is 41.1. The number of nitrogens with zero attached hydrogens (tertiary/aromatic N) is 2. The van der Waals surface area contributed by atoms with E-state index in [0.717, 1.165) is 128 Å². The SMILES string of the molecule is CCCCCCCCC(=O)OCC(COC(=O)CCCCCCCC)CC(=O)CC[C@H]1C[C@H](OC(=O)CC(COC(=O)CCCCCCCC)COC(=O)CCCCCCCC)CN1C(=O)OCCN(C)C. The summed E-state index contributed by atoms with van der Waals surface area (Å²) in [5, 5.41) is 0. The van der Waals surface area contributed by atoms with Crippen LogP contribution in [-0.2, 0) is 57.2 Å². The van der Waals surface area contributed by atoms with Crippen molar-refractivity contribution >= 4 is 41.7 Å². The number of esters is 5. The van der Waals surface area contributed by atoms with E-state index in [0.29, 0.717) is 19.4 Å². The van der Waals surface area contributed by atoms with E-state index < -0.39 is 36.0 Å². The molecule has 418 valence electrons. The van der Waals surface area contributed by atoms with E-state index in [1.54, 1.807) is 0 Å². The summed E-state index contributed by atoms with van der Waals surface area (Å²) in [6.07, 6.45) is 25.0. The summed E-state index contributed by atoms with van der Waals surface area (Å²) >= 11 is 0. The maximum absolute atomic E-state index is 13.7. The minimum Gasteiger partial charge on any atom is -0.465 e. The molecule has 0 aromatic rings. The molecular formula is C57H102N2O13. The Morgan fingerprint density at radius 3 is 1.19 bits per heavy atom. The highest BCUT2D eigenvalue weighted by molar-refractivity contribution is 5.79. The summed E-state index contributed by atoms with van der Waals surface area (Å²) < 4.78 is 34.0. The van der Waals surface area contributed by atoms with E-state index in [2.05, 4.69) is 27.7 Å². The molecule has 0 saturated carbocycles. The first kappa shape index (κ1) is 66.3. The lowest BCUT2D eigenvalue weighted by Crippen LogP contribution is -2.38. The second-order valence-electron chi connectivity index (χ2n) is 20.6. The van der Waals surface area contributed by atoms with Crippen molar-refractivity contribution in [1.82, 2.24) is 9.80 Å².